The van der Waals surface area contributed by atoms with Gasteiger partial charge in [-0.25, -0.2) is 14.8 Å². The zero-order valence-corrected chi connectivity index (χ0v) is 34.1. The number of aromatic nitrogens is 4. The fraction of sp³-hybridized carbons (Fsp3) is 0.200. The van der Waals surface area contributed by atoms with Gasteiger partial charge in [0.15, 0.2) is 5.78 Å². The van der Waals surface area contributed by atoms with E-state index >= 15 is 0 Å². The molecule has 310 valence electrons. The number of hydrogen-bond acceptors (Lipinski definition) is 6. The number of nitrogens with zero attached hydrogens (tertiary/aromatic N) is 5. The maximum atomic E-state index is 14.0. The molecular weight excluding hydrogens is 779 g/mol. The monoisotopic (exact) mass is 823 g/mol. The van der Waals surface area contributed by atoms with Crippen LogP contribution < -0.4 is 0 Å². The molecule has 4 heterocycles. The minimum Gasteiger partial charge on any atom is -0.465 e. The predicted molar refractivity (Wildman–Crippen MR) is 235 cm³/mol. The zero-order chi connectivity index (χ0) is 42.7. The summed E-state index contributed by atoms with van der Waals surface area (Å²) in [6.07, 6.45) is 5.53. The fourth-order valence-corrected chi connectivity index (χ4v) is 8.80. The number of nitrogens with one attached hydrogen (secondary N) is 2. The molecule has 12 nitrogen and oxygen atoms in total. The summed E-state index contributed by atoms with van der Waals surface area (Å²) in [6.45, 7) is 1.09. The average Bonchev–Trinajstić information content (AvgIpc) is 4.17. The Kier molecular flexibility index (Phi) is 11.0. The van der Waals surface area contributed by atoms with Crippen LogP contribution in [-0.4, -0.2) is 83.6 Å². The molecule has 3 atom stereocenters. The number of ketones is 1. The van der Waals surface area contributed by atoms with Crippen LogP contribution in [-0.2, 0) is 4.79 Å². The second-order valence-electron chi connectivity index (χ2n) is 15.8. The maximum Gasteiger partial charge on any atom is 0.407 e. The van der Waals surface area contributed by atoms with Crippen molar-refractivity contribution in [3.63, 3.8) is 0 Å². The van der Waals surface area contributed by atoms with Gasteiger partial charge in [-0.15, -0.1) is 0 Å². The first kappa shape index (κ1) is 39.8. The summed E-state index contributed by atoms with van der Waals surface area (Å²) < 4.78 is 0. The summed E-state index contributed by atoms with van der Waals surface area (Å²) in [5, 5.41) is 9.81. The van der Waals surface area contributed by atoms with Crippen LogP contribution >= 0.6 is 0 Å². The SMILES string of the molecule is CN(C(=O)O)[C@@H](C(=O)N1CCC[C@H]1c1ncc(-c2ccc(-c3ccc(-c4cnc([C@@H]5CCCN5C(=O)c5ccccc5C(=O)c5ccccc5)[nH]4)cc3)cc2)[nH]1)c1ccccc1. The average molecular weight is 824 g/mol. The molecule has 0 unspecified atom stereocenters. The molecule has 7 aromatic rings. The molecule has 0 bridgehead atoms. The van der Waals surface area contributed by atoms with Crippen LogP contribution in [0.15, 0.2) is 146 Å². The van der Waals surface area contributed by atoms with Crippen LogP contribution in [0.4, 0.5) is 4.79 Å². The van der Waals surface area contributed by atoms with Crippen molar-refractivity contribution < 1.29 is 24.3 Å². The minimum absolute atomic E-state index is 0.178. The number of likely N-dealkylation sites (N-methyl/N-ethyl adjacent to an activating group) is 1. The Balaban J connectivity index is 0.865. The molecule has 0 spiro atoms. The number of likely N-dealkylation sites (tertiary alicyclic amines) is 2. The highest BCUT2D eigenvalue weighted by Gasteiger charge is 2.39. The van der Waals surface area contributed by atoms with E-state index < -0.39 is 12.1 Å². The third kappa shape index (κ3) is 7.78. The van der Waals surface area contributed by atoms with E-state index in [0.717, 1.165) is 64.2 Å². The lowest BCUT2D eigenvalue weighted by Crippen LogP contribution is -2.43. The van der Waals surface area contributed by atoms with Crippen LogP contribution in [0.3, 0.4) is 0 Å². The van der Waals surface area contributed by atoms with Gasteiger partial charge >= 0.3 is 6.09 Å². The van der Waals surface area contributed by atoms with Crippen LogP contribution in [0, 0.1) is 0 Å². The quantitative estimate of drug-likeness (QED) is 0.110. The smallest absolute Gasteiger partial charge is 0.407 e. The van der Waals surface area contributed by atoms with Crippen molar-refractivity contribution in [1.82, 2.24) is 34.6 Å². The van der Waals surface area contributed by atoms with Gasteiger partial charge in [-0.2, -0.15) is 0 Å². The largest absolute Gasteiger partial charge is 0.465 e. The Bertz CT molecular complexity index is 2730. The molecule has 0 aliphatic carbocycles. The normalized spacial score (nSPS) is 16.6. The van der Waals surface area contributed by atoms with Gasteiger partial charge in [0.25, 0.3) is 11.8 Å². The first-order chi connectivity index (χ1) is 30.2. The van der Waals surface area contributed by atoms with Crippen molar-refractivity contribution in [1.29, 1.82) is 0 Å². The summed E-state index contributed by atoms with van der Waals surface area (Å²) in [7, 11) is 1.43. The fourth-order valence-electron chi connectivity index (χ4n) is 8.80. The Hall–Kier alpha value is -7.60. The van der Waals surface area contributed by atoms with Crippen LogP contribution in [0.5, 0.6) is 0 Å². The Morgan fingerprint density at radius 2 is 1.08 bits per heavy atom. The number of imidazole rings is 2. The molecule has 5 aromatic carbocycles. The van der Waals surface area contributed by atoms with E-state index in [1.165, 1.54) is 7.05 Å². The molecular formula is C50H45N7O5. The molecule has 62 heavy (non-hydrogen) atoms. The Morgan fingerprint density at radius 1 is 0.613 bits per heavy atom. The Labute approximate surface area is 358 Å². The highest BCUT2D eigenvalue weighted by atomic mass is 16.4. The molecule has 2 aliphatic rings. The van der Waals surface area contributed by atoms with Gasteiger partial charge in [-0.05, 0) is 59.6 Å². The molecule has 3 amide bonds. The zero-order valence-electron chi connectivity index (χ0n) is 34.1. The van der Waals surface area contributed by atoms with E-state index in [1.807, 2.05) is 47.5 Å². The van der Waals surface area contributed by atoms with Gasteiger partial charge in [-0.1, -0.05) is 127 Å². The third-order valence-electron chi connectivity index (χ3n) is 12.1. The van der Waals surface area contributed by atoms with Gasteiger partial charge in [0.2, 0.25) is 0 Å². The molecule has 2 fully saturated rings. The van der Waals surface area contributed by atoms with E-state index in [-0.39, 0.29) is 29.7 Å². The molecule has 2 aromatic heterocycles. The van der Waals surface area contributed by atoms with Crippen LogP contribution in [0.2, 0.25) is 0 Å². The number of carbonyl (C=O) groups is 4. The molecule has 0 saturated carbocycles. The Morgan fingerprint density at radius 3 is 1.63 bits per heavy atom. The van der Waals surface area contributed by atoms with E-state index in [4.69, 9.17) is 9.97 Å². The van der Waals surface area contributed by atoms with Gasteiger partial charge < -0.3 is 24.9 Å². The second-order valence-corrected chi connectivity index (χ2v) is 15.8. The molecule has 12 heteroatoms. The molecule has 2 aliphatic heterocycles. The maximum absolute atomic E-state index is 14.0. The predicted octanol–water partition coefficient (Wildman–Crippen LogP) is 9.36. The van der Waals surface area contributed by atoms with Crippen molar-refractivity contribution in [2.24, 2.45) is 0 Å². The van der Waals surface area contributed by atoms with Crippen molar-refractivity contribution >= 4 is 23.7 Å². The number of H-pyrrole nitrogens is 2. The lowest BCUT2D eigenvalue weighted by Gasteiger charge is -2.32. The van der Waals surface area contributed by atoms with E-state index in [9.17, 15) is 24.3 Å². The number of aromatic amines is 2. The first-order valence-electron chi connectivity index (χ1n) is 20.9. The molecule has 9 rings (SSSR count). The lowest BCUT2D eigenvalue weighted by atomic mass is 9.97. The van der Waals surface area contributed by atoms with Crippen molar-refractivity contribution in [2.45, 2.75) is 43.8 Å². The highest BCUT2D eigenvalue weighted by molar-refractivity contribution is 6.15. The summed E-state index contributed by atoms with van der Waals surface area (Å²) in [5.41, 5.74) is 7.62. The van der Waals surface area contributed by atoms with Crippen LogP contribution in [0.1, 0.15) is 87.3 Å². The topological polar surface area (TPSA) is 156 Å². The van der Waals surface area contributed by atoms with Crippen molar-refractivity contribution in [2.75, 3.05) is 20.1 Å². The summed E-state index contributed by atoms with van der Waals surface area (Å²) >= 11 is 0. The van der Waals surface area contributed by atoms with E-state index in [0.29, 0.717) is 47.0 Å². The van der Waals surface area contributed by atoms with E-state index in [2.05, 4.69) is 46.4 Å². The molecule has 0 radical (unpaired) electrons. The first-order valence-corrected chi connectivity index (χ1v) is 20.9. The standard InChI is InChI=1S/C50H45N7O5/c1-55(50(61)62)44(36-12-4-2-5-13-36)49(60)57-29-11-19-43(57)47-52-31-41(54-47)35-26-22-33(23-27-35)32-20-24-34(25-21-32)40-30-51-46(53-40)42-18-10-28-56(42)48(59)39-17-9-8-16-38(39)45(58)37-14-6-3-7-15-37/h2-9,12-17,20-27,30-31,42-44H,10-11,18-19,28-29H2,1H3,(H,51,53)(H,52,54)(H,61,62)/t42-,43-,44+/m0/s1. The lowest BCUT2D eigenvalue weighted by molar-refractivity contribution is -0.137. The summed E-state index contributed by atoms with van der Waals surface area (Å²) in [5.74, 6) is 0.760. The number of carbonyl (C=O) groups excluding carboxylic acids is 3. The second kappa shape index (κ2) is 17.2. The minimum atomic E-state index is -1.17. The van der Waals surface area contributed by atoms with Gasteiger partial charge in [-0.3, -0.25) is 19.3 Å². The number of benzene rings is 5. The number of rotatable bonds is 11. The number of hydrogen-bond donors (Lipinski definition) is 3. The molecule has 3 N–H and O–H groups in total. The van der Waals surface area contributed by atoms with Gasteiger partial charge in [0.1, 0.15) is 17.7 Å². The third-order valence-corrected chi connectivity index (χ3v) is 12.1. The molecule has 2 saturated heterocycles. The summed E-state index contributed by atoms with van der Waals surface area (Å²) in [6, 6.07) is 40.0. The van der Waals surface area contributed by atoms with Gasteiger partial charge in [0.05, 0.1) is 41.4 Å². The number of amides is 3. The van der Waals surface area contributed by atoms with E-state index in [1.54, 1.807) is 71.8 Å². The summed E-state index contributed by atoms with van der Waals surface area (Å²) in [4.78, 5) is 74.4. The highest BCUT2D eigenvalue weighted by Crippen LogP contribution is 2.37. The number of carboxylic acid groups (broad SMARTS) is 1. The van der Waals surface area contributed by atoms with Gasteiger partial charge in [0, 0.05) is 31.3 Å². The van der Waals surface area contributed by atoms with Crippen LogP contribution in [0.25, 0.3) is 33.6 Å². The van der Waals surface area contributed by atoms with Crippen molar-refractivity contribution in [3.8, 4) is 33.6 Å². The van der Waals surface area contributed by atoms with Crippen molar-refractivity contribution in [3.05, 3.63) is 180 Å².